The molecule has 106 valence electrons. The minimum Gasteiger partial charge on any atom is -0.383 e. The van der Waals surface area contributed by atoms with Gasteiger partial charge in [-0.1, -0.05) is 18.2 Å². The Kier molecular flexibility index (Phi) is 4.56. The van der Waals surface area contributed by atoms with E-state index in [9.17, 15) is 9.59 Å². The number of hydrogen-bond donors (Lipinski definition) is 1. The normalized spacial score (nSPS) is 14.3. The van der Waals surface area contributed by atoms with Gasteiger partial charge in [0.25, 0.3) is 0 Å². The highest BCUT2D eigenvalue weighted by atomic mass is 16.2. The number of carbonyl (C=O) groups is 2. The molecule has 1 aliphatic rings. The third kappa shape index (κ3) is 4.23. The van der Waals surface area contributed by atoms with Crippen molar-refractivity contribution < 1.29 is 9.59 Å². The third-order valence-electron chi connectivity index (χ3n) is 3.15. The lowest BCUT2D eigenvalue weighted by Gasteiger charge is -2.06. The van der Waals surface area contributed by atoms with Crippen LogP contribution in [-0.2, 0) is 11.3 Å². The number of rotatable bonds is 6. The Balaban J connectivity index is 1.96. The molecule has 0 saturated heterocycles. The smallest absolute Gasteiger partial charge is 0.223 e. The van der Waals surface area contributed by atoms with Crippen LogP contribution in [-0.4, -0.2) is 30.7 Å². The maximum atomic E-state index is 12.0. The van der Waals surface area contributed by atoms with Gasteiger partial charge in [-0.25, -0.2) is 0 Å². The van der Waals surface area contributed by atoms with Crippen LogP contribution < -0.4 is 5.32 Å². The molecule has 0 atom stereocenters. The van der Waals surface area contributed by atoms with E-state index in [0.29, 0.717) is 12.1 Å². The van der Waals surface area contributed by atoms with E-state index in [1.165, 1.54) is 0 Å². The molecule has 0 unspecified atom stereocenters. The Morgan fingerprint density at radius 1 is 1.35 bits per heavy atom. The van der Waals surface area contributed by atoms with Crippen LogP contribution in [0.25, 0.3) is 0 Å². The first-order valence-corrected chi connectivity index (χ1v) is 6.82. The summed E-state index contributed by atoms with van der Waals surface area (Å²) < 4.78 is 0. The summed E-state index contributed by atoms with van der Waals surface area (Å²) in [7, 11) is 3.74. The van der Waals surface area contributed by atoms with Gasteiger partial charge in [0.15, 0.2) is 5.78 Å². The van der Waals surface area contributed by atoms with E-state index in [4.69, 9.17) is 0 Å². The summed E-state index contributed by atoms with van der Waals surface area (Å²) in [5, 5.41) is 2.90. The van der Waals surface area contributed by atoms with Crippen LogP contribution in [0.1, 0.15) is 28.8 Å². The van der Waals surface area contributed by atoms with Gasteiger partial charge in [-0.15, -0.1) is 0 Å². The molecule has 1 saturated carbocycles. The summed E-state index contributed by atoms with van der Waals surface area (Å²) in [5.74, 6) is 0.297. The molecule has 0 radical (unpaired) electrons. The minimum absolute atomic E-state index is 0.0333. The van der Waals surface area contributed by atoms with Crippen LogP contribution >= 0.6 is 0 Å². The SMILES string of the molecule is CN(C)C=CC(=O)c1cccc(CNC(=O)C2CC2)c1. The predicted molar refractivity (Wildman–Crippen MR) is 78.2 cm³/mol. The van der Waals surface area contributed by atoms with Crippen LogP contribution in [0.3, 0.4) is 0 Å². The van der Waals surface area contributed by atoms with Crippen molar-refractivity contribution in [1.29, 1.82) is 0 Å². The number of carbonyl (C=O) groups excluding carboxylic acids is 2. The number of nitrogens with zero attached hydrogens (tertiary/aromatic N) is 1. The maximum absolute atomic E-state index is 12.0. The van der Waals surface area contributed by atoms with E-state index in [0.717, 1.165) is 18.4 Å². The molecule has 1 aromatic rings. The average molecular weight is 272 g/mol. The average Bonchev–Trinajstić information content (AvgIpc) is 3.27. The van der Waals surface area contributed by atoms with Crippen LogP contribution in [0.4, 0.5) is 0 Å². The van der Waals surface area contributed by atoms with E-state index >= 15 is 0 Å². The summed E-state index contributed by atoms with van der Waals surface area (Å²) in [6.07, 6.45) is 5.27. The van der Waals surface area contributed by atoms with E-state index < -0.39 is 0 Å². The van der Waals surface area contributed by atoms with Crippen molar-refractivity contribution in [2.24, 2.45) is 5.92 Å². The second kappa shape index (κ2) is 6.37. The van der Waals surface area contributed by atoms with Crippen molar-refractivity contribution in [2.75, 3.05) is 14.1 Å². The van der Waals surface area contributed by atoms with Gasteiger partial charge in [-0.3, -0.25) is 9.59 Å². The van der Waals surface area contributed by atoms with E-state index in [1.54, 1.807) is 18.3 Å². The van der Waals surface area contributed by atoms with Gasteiger partial charge >= 0.3 is 0 Å². The predicted octanol–water partition coefficient (Wildman–Crippen LogP) is 1.97. The van der Waals surface area contributed by atoms with Crippen molar-refractivity contribution in [3.8, 4) is 0 Å². The van der Waals surface area contributed by atoms with Crippen LogP contribution in [0.2, 0.25) is 0 Å². The molecule has 1 N–H and O–H groups in total. The Bertz CT molecular complexity index is 531. The summed E-state index contributed by atoms with van der Waals surface area (Å²) in [4.78, 5) is 25.4. The van der Waals surface area contributed by atoms with E-state index in [1.807, 2.05) is 37.2 Å². The molecule has 1 aromatic carbocycles. The largest absolute Gasteiger partial charge is 0.383 e. The summed E-state index contributed by atoms with van der Waals surface area (Å²) in [6.45, 7) is 0.480. The molecule has 1 amide bonds. The highest BCUT2D eigenvalue weighted by Crippen LogP contribution is 2.28. The van der Waals surface area contributed by atoms with Gasteiger partial charge in [0.1, 0.15) is 0 Å². The number of ketones is 1. The topological polar surface area (TPSA) is 49.4 Å². The molecular formula is C16H20N2O2. The molecule has 1 fully saturated rings. The van der Waals surface area contributed by atoms with Crippen molar-refractivity contribution in [3.05, 3.63) is 47.7 Å². The molecule has 0 heterocycles. The zero-order valence-corrected chi connectivity index (χ0v) is 11.9. The fourth-order valence-electron chi connectivity index (χ4n) is 1.83. The zero-order chi connectivity index (χ0) is 14.5. The van der Waals surface area contributed by atoms with Crippen LogP contribution in [0.15, 0.2) is 36.5 Å². The second-order valence-electron chi connectivity index (χ2n) is 5.34. The highest BCUT2D eigenvalue weighted by molar-refractivity contribution is 6.04. The number of nitrogens with one attached hydrogen (secondary N) is 1. The molecule has 0 aliphatic heterocycles. The molecule has 2 rings (SSSR count). The Hall–Kier alpha value is -2.10. The van der Waals surface area contributed by atoms with Crippen molar-refractivity contribution >= 4 is 11.7 Å². The van der Waals surface area contributed by atoms with Gasteiger partial charge in [0.2, 0.25) is 5.91 Å². The molecule has 1 aliphatic carbocycles. The summed E-state index contributed by atoms with van der Waals surface area (Å²) >= 11 is 0. The standard InChI is InChI=1S/C16H20N2O2/c1-18(2)9-8-15(19)14-5-3-4-12(10-14)11-17-16(20)13-6-7-13/h3-5,8-10,13H,6-7,11H2,1-2H3,(H,17,20). The van der Waals surface area contributed by atoms with E-state index in [2.05, 4.69) is 5.32 Å². The lowest BCUT2D eigenvalue weighted by atomic mass is 10.1. The molecule has 0 bridgehead atoms. The van der Waals surface area contributed by atoms with Gasteiger partial charge in [-0.2, -0.15) is 0 Å². The fourth-order valence-corrected chi connectivity index (χ4v) is 1.83. The van der Waals surface area contributed by atoms with Crippen LogP contribution in [0, 0.1) is 5.92 Å². The fraction of sp³-hybridized carbons (Fsp3) is 0.375. The monoisotopic (exact) mass is 272 g/mol. The summed E-state index contributed by atoms with van der Waals surface area (Å²) in [6, 6.07) is 7.37. The molecule has 4 nitrogen and oxygen atoms in total. The minimum atomic E-state index is -0.0333. The Morgan fingerprint density at radius 2 is 2.10 bits per heavy atom. The van der Waals surface area contributed by atoms with Gasteiger partial charge in [0, 0.05) is 44.4 Å². The maximum Gasteiger partial charge on any atom is 0.223 e. The Morgan fingerprint density at radius 3 is 2.75 bits per heavy atom. The van der Waals surface area contributed by atoms with Gasteiger partial charge < -0.3 is 10.2 Å². The first-order valence-electron chi connectivity index (χ1n) is 6.82. The molecular weight excluding hydrogens is 252 g/mol. The van der Waals surface area contributed by atoms with Crippen molar-refractivity contribution in [2.45, 2.75) is 19.4 Å². The number of hydrogen-bond acceptors (Lipinski definition) is 3. The van der Waals surface area contributed by atoms with Gasteiger partial charge in [0.05, 0.1) is 0 Å². The van der Waals surface area contributed by atoms with Crippen LogP contribution in [0.5, 0.6) is 0 Å². The van der Waals surface area contributed by atoms with Crippen molar-refractivity contribution in [3.63, 3.8) is 0 Å². The quantitative estimate of drug-likeness (QED) is 0.636. The zero-order valence-electron chi connectivity index (χ0n) is 11.9. The number of benzene rings is 1. The summed E-state index contributed by atoms with van der Waals surface area (Å²) in [5.41, 5.74) is 1.59. The first-order chi connectivity index (χ1) is 9.56. The molecule has 0 spiro atoms. The van der Waals surface area contributed by atoms with E-state index in [-0.39, 0.29) is 17.6 Å². The third-order valence-corrected chi connectivity index (χ3v) is 3.15. The number of allylic oxidation sites excluding steroid dienone is 1. The highest BCUT2D eigenvalue weighted by Gasteiger charge is 2.29. The van der Waals surface area contributed by atoms with Crippen molar-refractivity contribution in [1.82, 2.24) is 10.2 Å². The lowest BCUT2D eigenvalue weighted by molar-refractivity contribution is -0.122. The van der Waals surface area contributed by atoms with Gasteiger partial charge in [-0.05, 0) is 24.5 Å². The lowest BCUT2D eigenvalue weighted by Crippen LogP contribution is -2.24. The Labute approximate surface area is 119 Å². The number of amides is 1. The molecule has 4 heteroatoms. The first kappa shape index (κ1) is 14.3. The molecule has 0 aromatic heterocycles. The molecule has 20 heavy (non-hydrogen) atoms. The second-order valence-corrected chi connectivity index (χ2v) is 5.34.